The van der Waals surface area contributed by atoms with E-state index in [1.807, 2.05) is 13.0 Å². The molecule has 20 heteroatoms. The van der Waals surface area contributed by atoms with Crippen LogP contribution in [0.2, 0.25) is 0 Å². The van der Waals surface area contributed by atoms with Gasteiger partial charge in [0.1, 0.15) is 29.8 Å². The highest BCUT2D eigenvalue weighted by Crippen LogP contribution is 2.40. The Hall–Kier alpha value is -5.75. The number of hydrogen-bond donors (Lipinski definition) is 3. The van der Waals surface area contributed by atoms with Crippen molar-refractivity contribution in [2.75, 3.05) is 59.8 Å². The van der Waals surface area contributed by atoms with Gasteiger partial charge in [-0.05, 0) is 113 Å². The number of aryl methyl sites for hydroxylation is 2. The number of nitrogens with zero attached hydrogens (tertiary/aromatic N) is 6. The quantitative estimate of drug-likeness (QED) is 0.0594. The molecule has 2 saturated heterocycles. The van der Waals surface area contributed by atoms with Gasteiger partial charge in [-0.3, -0.25) is 29.7 Å². The average molecular weight is 969 g/mol. The maximum absolute atomic E-state index is 15.5. The predicted molar refractivity (Wildman–Crippen MR) is 240 cm³/mol. The third-order valence-electron chi connectivity index (χ3n) is 10.7. The number of alkyl halides is 3. The van der Waals surface area contributed by atoms with Crippen LogP contribution in [-0.2, 0) is 15.7 Å². The Bertz CT molecular complexity index is 2450. The van der Waals surface area contributed by atoms with Gasteiger partial charge in [0.05, 0.1) is 58.8 Å². The Labute approximate surface area is 381 Å². The average Bonchev–Trinajstić information content (AvgIpc) is 3.42. The number of thiocarbonyl (C=S) groups is 1. The molecule has 14 nitrogen and oxygen atoms in total. The molecule has 0 aliphatic carbocycles. The van der Waals surface area contributed by atoms with Gasteiger partial charge in [-0.15, -0.1) is 0 Å². The Kier molecular flexibility index (Phi) is 15.2. The number of unbranched alkanes of at least 4 members (excludes halogenated alkanes) is 3. The molecule has 2 fully saturated rings. The fourth-order valence-corrected chi connectivity index (χ4v) is 8.13. The standard InChI is InChI=1S/C44H46BrF4N9O5S/c1-26-17-37(36(20-34(26)45)54-41(61)55-38-23-52-27(2)22-53-38)63-25-31-24-56(15-16-62-31)14-8-6-5-7-13-51-39(59)32-12-11-30(19-35(32)46)58-42(64)57(40(60)43(58,3)4)29-10-9-28(21-50)33(18-29)44(47,48)49/h9-12,17-20,22-23,31H,5-8,13-16,24-25H2,1-4H3,(H,51,59)(H2,53,54,55,61)/t31-/m0/s1. The van der Waals surface area contributed by atoms with Crippen molar-refractivity contribution in [2.24, 2.45) is 0 Å². The van der Waals surface area contributed by atoms with E-state index in [-0.39, 0.29) is 34.8 Å². The minimum atomic E-state index is -4.86. The first-order valence-electron chi connectivity index (χ1n) is 20.4. The summed E-state index contributed by atoms with van der Waals surface area (Å²) in [7, 11) is 0. The van der Waals surface area contributed by atoms with E-state index in [0.29, 0.717) is 49.4 Å². The number of urea groups is 1. The van der Waals surface area contributed by atoms with Crippen LogP contribution in [0.3, 0.4) is 0 Å². The first kappa shape index (κ1) is 47.7. The van der Waals surface area contributed by atoms with Crippen LogP contribution >= 0.6 is 28.1 Å². The summed E-state index contributed by atoms with van der Waals surface area (Å²) >= 11 is 9.06. The molecule has 2 aliphatic heterocycles. The van der Waals surface area contributed by atoms with E-state index in [2.05, 4.69) is 46.7 Å². The Balaban J connectivity index is 0.933. The summed E-state index contributed by atoms with van der Waals surface area (Å²) in [5, 5.41) is 17.2. The molecule has 4 amide bonds. The highest BCUT2D eigenvalue weighted by Gasteiger charge is 2.51. The molecule has 0 radical (unpaired) electrons. The van der Waals surface area contributed by atoms with Gasteiger partial charge in [-0.25, -0.2) is 14.2 Å². The van der Waals surface area contributed by atoms with Gasteiger partial charge in [-0.1, -0.05) is 28.8 Å². The first-order chi connectivity index (χ1) is 30.4. The fraction of sp³-hybridized carbons (Fsp3) is 0.386. The third-order valence-corrected chi connectivity index (χ3v) is 11.9. The molecule has 338 valence electrons. The molecule has 0 spiro atoms. The van der Waals surface area contributed by atoms with Gasteiger partial charge >= 0.3 is 12.2 Å². The smallest absolute Gasteiger partial charge is 0.417 e. The summed E-state index contributed by atoms with van der Waals surface area (Å²) in [5.41, 5.74) is -1.41. The predicted octanol–water partition coefficient (Wildman–Crippen LogP) is 8.52. The molecular weight excluding hydrogens is 923 g/mol. The van der Waals surface area contributed by atoms with Crippen molar-refractivity contribution in [3.8, 4) is 11.8 Å². The number of morpholine rings is 1. The number of amides is 4. The molecule has 0 unspecified atom stereocenters. The van der Waals surface area contributed by atoms with E-state index in [4.69, 9.17) is 21.7 Å². The third kappa shape index (κ3) is 11.3. The molecular formula is C44H46BrF4N9O5S. The van der Waals surface area contributed by atoms with Crippen molar-refractivity contribution >= 4 is 74.0 Å². The van der Waals surface area contributed by atoms with Crippen molar-refractivity contribution in [1.82, 2.24) is 20.2 Å². The number of halogens is 5. The summed E-state index contributed by atoms with van der Waals surface area (Å²) in [4.78, 5) is 52.1. The first-order valence-corrected chi connectivity index (χ1v) is 21.6. The van der Waals surface area contributed by atoms with E-state index >= 15 is 4.39 Å². The SMILES string of the molecule is Cc1cnc(NC(=O)Nc2cc(Br)c(C)cc2OC[C@@H]2CN(CCCCCCNC(=O)c3ccc(N4C(=S)N(c5ccc(C#N)c(C(F)(F)F)c5)C(=O)C4(C)C)cc3F)CCO2)cn1. The Morgan fingerprint density at radius 1 is 1.03 bits per heavy atom. The molecule has 4 aromatic rings. The molecule has 3 aromatic carbocycles. The van der Waals surface area contributed by atoms with Gasteiger partial charge in [0.25, 0.3) is 11.8 Å². The zero-order valence-corrected chi connectivity index (χ0v) is 37.8. The van der Waals surface area contributed by atoms with Gasteiger partial charge in [0, 0.05) is 29.8 Å². The highest BCUT2D eigenvalue weighted by atomic mass is 79.9. The normalized spacial score (nSPS) is 16.4. The van der Waals surface area contributed by atoms with Crippen LogP contribution < -0.4 is 30.5 Å². The Morgan fingerprint density at radius 2 is 1.78 bits per heavy atom. The summed E-state index contributed by atoms with van der Waals surface area (Å²) in [5.74, 6) is -1.34. The van der Waals surface area contributed by atoms with Crippen LogP contribution in [0.5, 0.6) is 5.75 Å². The van der Waals surface area contributed by atoms with Crippen LogP contribution in [0.1, 0.15) is 72.3 Å². The lowest BCUT2D eigenvalue weighted by atomic mass is 10.0. The highest BCUT2D eigenvalue weighted by molar-refractivity contribution is 9.10. The fourth-order valence-electron chi connectivity index (χ4n) is 7.26. The van der Waals surface area contributed by atoms with E-state index in [9.17, 15) is 32.8 Å². The number of rotatable bonds is 15. The zero-order valence-electron chi connectivity index (χ0n) is 35.4. The van der Waals surface area contributed by atoms with Crippen LogP contribution in [0.25, 0.3) is 0 Å². The van der Waals surface area contributed by atoms with Crippen molar-refractivity contribution < 1.29 is 41.4 Å². The topological polar surface area (TPSA) is 165 Å². The molecule has 1 atom stereocenters. The van der Waals surface area contributed by atoms with Crippen LogP contribution in [-0.4, -0.2) is 88.9 Å². The maximum Gasteiger partial charge on any atom is 0.417 e. The number of nitriles is 1. The number of ether oxygens (including phenoxy) is 2. The summed E-state index contributed by atoms with van der Waals surface area (Å²) < 4.78 is 69.6. The van der Waals surface area contributed by atoms with Crippen LogP contribution in [0.15, 0.2) is 65.4 Å². The molecule has 3 N–H and O–H groups in total. The summed E-state index contributed by atoms with van der Waals surface area (Å²) in [6.07, 6.45) is 1.31. The van der Waals surface area contributed by atoms with E-state index in [1.165, 1.54) is 49.2 Å². The van der Waals surface area contributed by atoms with E-state index in [0.717, 1.165) is 65.1 Å². The lowest BCUT2D eigenvalue weighted by Gasteiger charge is -2.33. The summed E-state index contributed by atoms with van der Waals surface area (Å²) in [6.45, 7) is 10.2. The number of hydrogen-bond acceptors (Lipinski definition) is 10. The van der Waals surface area contributed by atoms with Crippen molar-refractivity contribution in [1.29, 1.82) is 5.26 Å². The minimum Gasteiger partial charge on any atom is -0.489 e. The van der Waals surface area contributed by atoms with Crippen LogP contribution in [0, 0.1) is 31.0 Å². The Morgan fingerprint density at radius 3 is 2.48 bits per heavy atom. The number of carbonyl (C=O) groups is 3. The second kappa shape index (κ2) is 20.4. The molecule has 2 aliphatic rings. The van der Waals surface area contributed by atoms with Crippen molar-refractivity contribution in [3.63, 3.8) is 0 Å². The summed E-state index contributed by atoms with van der Waals surface area (Å²) in [6, 6.07) is 11.2. The van der Waals surface area contributed by atoms with Gasteiger partial charge < -0.3 is 25.0 Å². The zero-order chi connectivity index (χ0) is 46.3. The number of carbonyl (C=O) groups excluding carboxylic acids is 3. The number of anilines is 4. The van der Waals surface area contributed by atoms with Crippen LogP contribution in [0.4, 0.5) is 45.2 Å². The second-order valence-corrected chi connectivity index (χ2v) is 17.0. The van der Waals surface area contributed by atoms with Crippen molar-refractivity contribution in [2.45, 2.75) is 71.2 Å². The lowest BCUT2D eigenvalue weighted by Crippen LogP contribution is -2.45. The van der Waals surface area contributed by atoms with E-state index < -0.39 is 46.5 Å². The molecule has 3 heterocycles. The van der Waals surface area contributed by atoms with Gasteiger partial charge in [0.15, 0.2) is 10.9 Å². The number of benzene rings is 3. The maximum atomic E-state index is 15.5. The largest absolute Gasteiger partial charge is 0.489 e. The number of aromatic nitrogens is 2. The monoisotopic (exact) mass is 967 g/mol. The van der Waals surface area contributed by atoms with Crippen molar-refractivity contribution in [3.05, 3.63) is 99.2 Å². The number of nitrogens with one attached hydrogen (secondary N) is 3. The molecule has 6 rings (SSSR count). The lowest BCUT2D eigenvalue weighted by molar-refractivity contribution is -0.137. The van der Waals surface area contributed by atoms with Gasteiger partial charge in [-0.2, -0.15) is 18.4 Å². The molecule has 64 heavy (non-hydrogen) atoms. The minimum absolute atomic E-state index is 0.127. The van der Waals surface area contributed by atoms with Gasteiger partial charge in [0.2, 0.25) is 0 Å². The molecule has 0 saturated carbocycles. The molecule has 1 aromatic heterocycles. The second-order valence-electron chi connectivity index (χ2n) is 15.8. The van der Waals surface area contributed by atoms with E-state index in [1.54, 1.807) is 19.2 Å². The molecule has 0 bridgehead atoms.